The number of hydrogen-bond donors (Lipinski definition) is 1. The fourth-order valence-corrected chi connectivity index (χ4v) is 1.88. The van der Waals surface area contributed by atoms with E-state index in [-0.39, 0.29) is 24.2 Å². The van der Waals surface area contributed by atoms with Gasteiger partial charge in [-0.25, -0.2) is 9.67 Å². The number of aryl methyl sites for hydroxylation is 1. The summed E-state index contributed by atoms with van der Waals surface area (Å²) in [5, 5.41) is 4.02. The summed E-state index contributed by atoms with van der Waals surface area (Å²) in [6.45, 7) is 3.58. The molecular weight excluding hydrogens is 208 g/mol. The van der Waals surface area contributed by atoms with Gasteiger partial charge >= 0.3 is 0 Å². The van der Waals surface area contributed by atoms with Gasteiger partial charge in [0.25, 0.3) is 0 Å². The van der Waals surface area contributed by atoms with Crippen LogP contribution in [0.1, 0.15) is 12.7 Å². The van der Waals surface area contributed by atoms with E-state index in [1.807, 2.05) is 6.92 Å². The van der Waals surface area contributed by atoms with Crippen LogP contribution in [0.3, 0.4) is 0 Å². The van der Waals surface area contributed by atoms with E-state index in [9.17, 15) is 4.79 Å². The monoisotopic (exact) mass is 224 g/mol. The van der Waals surface area contributed by atoms with Crippen molar-refractivity contribution >= 4 is 5.78 Å². The predicted molar refractivity (Wildman–Crippen MR) is 56.7 cm³/mol. The highest BCUT2D eigenvalue weighted by Gasteiger charge is 2.31. The van der Waals surface area contributed by atoms with Gasteiger partial charge in [-0.1, -0.05) is 0 Å². The lowest BCUT2D eigenvalue weighted by Crippen LogP contribution is -2.35. The molecule has 2 unspecified atom stereocenters. The van der Waals surface area contributed by atoms with E-state index in [1.165, 1.54) is 6.33 Å². The molecule has 0 saturated carbocycles. The molecule has 6 heteroatoms. The molecule has 0 bridgehead atoms. The van der Waals surface area contributed by atoms with Crippen molar-refractivity contribution < 1.29 is 9.53 Å². The molecule has 0 aromatic carbocycles. The average Bonchev–Trinajstić information content (AvgIpc) is 2.86. The van der Waals surface area contributed by atoms with Gasteiger partial charge in [0.05, 0.1) is 25.6 Å². The van der Waals surface area contributed by atoms with Gasteiger partial charge in [0.1, 0.15) is 17.9 Å². The third-order valence-corrected chi connectivity index (χ3v) is 2.87. The molecular formula is C10H16N4O2. The van der Waals surface area contributed by atoms with E-state index in [0.717, 1.165) is 6.54 Å². The summed E-state index contributed by atoms with van der Waals surface area (Å²) in [7, 11) is 0. The van der Waals surface area contributed by atoms with Crippen LogP contribution in [-0.4, -0.2) is 39.8 Å². The van der Waals surface area contributed by atoms with Gasteiger partial charge < -0.3 is 10.5 Å². The largest absolute Gasteiger partial charge is 0.379 e. The van der Waals surface area contributed by atoms with Gasteiger partial charge in [0.2, 0.25) is 0 Å². The van der Waals surface area contributed by atoms with Gasteiger partial charge in [-0.2, -0.15) is 5.10 Å². The molecule has 6 nitrogen and oxygen atoms in total. The number of carbonyl (C=O) groups excluding carboxylic acids is 1. The Hall–Kier alpha value is -1.27. The van der Waals surface area contributed by atoms with Crippen LogP contribution in [0.15, 0.2) is 6.33 Å². The lowest BCUT2D eigenvalue weighted by molar-refractivity contribution is -0.122. The average molecular weight is 224 g/mol. The van der Waals surface area contributed by atoms with Gasteiger partial charge in [-0.05, 0) is 6.92 Å². The zero-order valence-corrected chi connectivity index (χ0v) is 9.30. The standard InChI is InChI=1S/C10H16N4O2/c1-2-14-10(12-6-13-14)3-9(15)7-4-16-5-8(7)11/h6-8H,2-5,11H2,1H3. The Balaban J connectivity index is 2.02. The van der Waals surface area contributed by atoms with Crippen LogP contribution < -0.4 is 5.73 Å². The molecule has 1 aromatic rings. The number of rotatable bonds is 4. The van der Waals surface area contributed by atoms with Crippen molar-refractivity contribution in [3.8, 4) is 0 Å². The number of hydrogen-bond acceptors (Lipinski definition) is 5. The van der Waals surface area contributed by atoms with Gasteiger partial charge in [-0.3, -0.25) is 4.79 Å². The first-order valence-electron chi connectivity index (χ1n) is 5.45. The maximum absolute atomic E-state index is 12.0. The second-order valence-electron chi connectivity index (χ2n) is 3.94. The molecule has 16 heavy (non-hydrogen) atoms. The second kappa shape index (κ2) is 4.71. The summed E-state index contributed by atoms with van der Waals surface area (Å²) in [4.78, 5) is 16.0. The van der Waals surface area contributed by atoms with Crippen LogP contribution >= 0.6 is 0 Å². The Morgan fingerprint density at radius 1 is 1.69 bits per heavy atom. The molecule has 2 rings (SSSR count). The molecule has 1 aromatic heterocycles. The minimum absolute atomic E-state index is 0.0905. The van der Waals surface area contributed by atoms with Crippen molar-refractivity contribution in [2.75, 3.05) is 13.2 Å². The first-order valence-corrected chi connectivity index (χ1v) is 5.45. The van der Waals surface area contributed by atoms with Crippen molar-refractivity contribution in [3.63, 3.8) is 0 Å². The number of Topliss-reactive ketones (excluding diaryl/α,β-unsaturated/α-hetero) is 1. The zero-order chi connectivity index (χ0) is 11.5. The van der Waals surface area contributed by atoms with Crippen molar-refractivity contribution in [1.29, 1.82) is 0 Å². The van der Waals surface area contributed by atoms with Crippen LogP contribution in [-0.2, 0) is 22.5 Å². The Bertz CT molecular complexity index is 377. The summed E-state index contributed by atoms with van der Waals surface area (Å²) in [6.07, 6.45) is 1.76. The van der Waals surface area contributed by atoms with Crippen molar-refractivity contribution in [1.82, 2.24) is 14.8 Å². The molecule has 1 fully saturated rings. The number of nitrogens with zero attached hydrogens (tertiary/aromatic N) is 3. The van der Waals surface area contributed by atoms with Crippen LogP contribution in [0.5, 0.6) is 0 Å². The van der Waals surface area contributed by atoms with Crippen molar-refractivity contribution in [2.24, 2.45) is 11.7 Å². The molecule has 2 heterocycles. The van der Waals surface area contributed by atoms with E-state index < -0.39 is 0 Å². The fourth-order valence-electron chi connectivity index (χ4n) is 1.88. The maximum atomic E-state index is 12.0. The molecule has 1 aliphatic rings. The third-order valence-electron chi connectivity index (χ3n) is 2.87. The molecule has 1 saturated heterocycles. The molecule has 1 aliphatic heterocycles. The third kappa shape index (κ3) is 2.12. The summed E-state index contributed by atoms with van der Waals surface area (Å²) in [5.41, 5.74) is 5.79. The molecule has 2 atom stereocenters. The van der Waals surface area contributed by atoms with Crippen LogP contribution in [0.2, 0.25) is 0 Å². The number of carbonyl (C=O) groups is 1. The fraction of sp³-hybridized carbons (Fsp3) is 0.700. The normalized spacial score (nSPS) is 24.9. The highest BCUT2D eigenvalue weighted by Crippen LogP contribution is 2.14. The zero-order valence-electron chi connectivity index (χ0n) is 9.30. The van der Waals surface area contributed by atoms with Crippen LogP contribution in [0.25, 0.3) is 0 Å². The van der Waals surface area contributed by atoms with Crippen LogP contribution in [0.4, 0.5) is 0 Å². The minimum Gasteiger partial charge on any atom is -0.379 e. The molecule has 88 valence electrons. The summed E-state index contributed by atoms with van der Waals surface area (Å²) in [6, 6.07) is -0.175. The minimum atomic E-state index is -0.193. The smallest absolute Gasteiger partial charge is 0.147 e. The van der Waals surface area contributed by atoms with E-state index in [1.54, 1.807) is 4.68 Å². The molecule has 0 aliphatic carbocycles. The molecule has 2 N–H and O–H groups in total. The van der Waals surface area contributed by atoms with E-state index >= 15 is 0 Å². The molecule has 0 amide bonds. The quantitative estimate of drug-likeness (QED) is 0.737. The number of nitrogens with two attached hydrogens (primary N) is 1. The Labute approximate surface area is 93.8 Å². The molecule has 0 spiro atoms. The molecule has 0 radical (unpaired) electrons. The first kappa shape index (κ1) is 11.2. The number of ketones is 1. The number of aromatic nitrogens is 3. The topological polar surface area (TPSA) is 83.0 Å². The number of ether oxygens (including phenoxy) is 1. The van der Waals surface area contributed by atoms with E-state index in [0.29, 0.717) is 19.0 Å². The Morgan fingerprint density at radius 2 is 2.50 bits per heavy atom. The van der Waals surface area contributed by atoms with Crippen molar-refractivity contribution in [2.45, 2.75) is 25.9 Å². The van der Waals surface area contributed by atoms with E-state index in [2.05, 4.69) is 10.1 Å². The van der Waals surface area contributed by atoms with Crippen LogP contribution in [0, 0.1) is 5.92 Å². The van der Waals surface area contributed by atoms with Gasteiger partial charge in [-0.15, -0.1) is 0 Å². The SMILES string of the molecule is CCn1ncnc1CC(=O)C1COCC1N. The van der Waals surface area contributed by atoms with Crippen molar-refractivity contribution in [3.05, 3.63) is 12.2 Å². The van der Waals surface area contributed by atoms with E-state index in [4.69, 9.17) is 10.5 Å². The lowest BCUT2D eigenvalue weighted by Gasteiger charge is -2.11. The predicted octanol–water partition coefficient (Wildman–Crippen LogP) is -0.617. The summed E-state index contributed by atoms with van der Waals surface area (Å²) in [5.74, 6) is 0.598. The second-order valence-corrected chi connectivity index (χ2v) is 3.94. The Morgan fingerprint density at radius 3 is 3.12 bits per heavy atom. The summed E-state index contributed by atoms with van der Waals surface area (Å²) >= 11 is 0. The maximum Gasteiger partial charge on any atom is 0.147 e. The first-order chi connectivity index (χ1) is 7.72. The van der Waals surface area contributed by atoms with Gasteiger partial charge in [0, 0.05) is 12.6 Å². The van der Waals surface area contributed by atoms with Gasteiger partial charge in [0.15, 0.2) is 0 Å². The summed E-state index contributed by atoms with van der Waals surface area (Å²) < 4.78 is 6.90. The lowest BCUT2D eigenvalue weighted by atomic mass is 9.97. The Kier molecular flexibility index (Phi) is 3.31. The highest BCUT2D eigenvalue weighted by atomic mass is 16.5. The highest BCUT2D eigenvalue weighted by molar-refractivity contribution is 5.83.